The quantitative estimate of drug-likeness (QED) is 0.804. The van der Waals surface area contributed by atoms with E-state index in [2.05, 4.69) is 17.3 Å². The molecule has 1 saturated carbocycles. The van der Waals surface area contributed by atoms with Crippen LogP contribution in [-0.2, 0) is 9.59 Å². The second kappa shape index (κ2) is 6.57. The molecule has 2 N–H and O–H groups in total. The molecule has 1 amide bonds. The summed E-state index contributed by atoms with van der Waals surface area (Å²) in [6.45, 7) is 1.73. The first-order valence-electron chi connectivity index (χ1n) is 7.74. The van der Waals surface area contributed by atoms with E-state index in [1.807, 2.05) is 0 Å². The lowest BCUT2D eigenvalue weighted by Crippen LogP contribution is -2.42. The molecular formula is C15H26N2O3. The topological polar surface area (TPSA) is 69.6 Å². The van der Waals surface area contributed by atoms with Crippen LogP contribution in [0.25, 0.3) is 0 Å². The molecule has 0 aromatic rings. The SMILES string of the molecule is CN1CCCC1CNC(=O)CC1(C(=O)O)CCCCC1. The molecule has 1 unspecified atom stereocenters. The fraction of sp³-hybridized carbons (Fsp3) is 0.867. The number of carbonyl (C=O) groups is 2. The molecule has 1 aliphatic heterocycles. The molecule has 0 aromatic heterocycles. The van der Waals surface area contributed by atoms with E-state index in [9.17, 15) is 14.7 Å². The molecular weight excluding hydrogens is 256 g/mol. The lowest BCUT2D eigenvalue weighted by Gasteiger charge is -2.32. The molecule has 2 fully saturated rings. The largest absolute Gasteiger partial charge is 0.481 e. The van der Waals surface area contributed by atoms with Crippen molar-refractivity contribution in [2.75, 3.05) is 20.1 Å². The van der Waals surface area contributed by atoms with Gasteiger partial charge in [0.15, 0.2) is 0 Å². The standard InChI is InChI=1S/C15H26N2O3/c1-17-9-5-6-12(17)11-16-13(18)10-15(14(19)20)7-3-2-4-8-15/h12H,2-11H2,1H3,(H,16,18)(H,19,20). The number of hydrogen-bond acceptors (Lipinski definition) is 3. The van der Waals surface area contributed by atoms with Crippen LogP contribution in [0.4, 0.5) is 0 Å². The highest BCUT2D eigenvalue weighted by molar-refractivity contribution is 5.85. The Bertz CT molecular complexity index is 364. The number of amides is 1. The minimum atomic E-state index is -0.816. The van der Waals surface area contributed by atoms with Gasteiger partial charge in [-0.05, 0) is 39.3 Å². The maximum Gasteiger partial charge on any atom is 0.310 e. The monoisotopic (exact) mass is 282 g/mol. The summed E-state index contributed by atoms with van der Waals surface area (Å²) in [4.78, 5) is 25.9. The van der Waals surface area contributed by atoms with Crippen molar-refractivity contribution in [3.63, 3.8) is 0 Å². The maximum atomic E-state index is 12.1. The Morgan fingerprint density at radius 3 is 2.50 bits per heavy atom. The fourth-order valence-corrected chi connectivity index (χ4v) is 3.53. The summed E-state index contributed by atoms with van der Waals surface area (Å²) >= 11 is 0. The van der Waals surface area contributed by atoms with Gasteiger partial charge < -0.3 is 15.3 Å². The second-order valence-electron chi connectivity index (χ2n) is 6.40. The van der Waals surface area contributed by atoms with E-state index in [0.717, 1.165) is 32.2 Å². The van der Waals surface area contributed by atoms with Crippen LogP contribution in [0.1, 0.15) is 51.4 Å². The van der Waals surface area contributed by atoms with Crippen LogP contribution in [0.3, 0.4) is 0 Å². The minimum absolute atomic E-state index is 0.102. The van der Waals surface area contributed by atoms with Crippen molar-refractivity contribution in [3.8, 4) is 0 Å². The van der Waals surface area contributed by atoms with Crippen LogP contribution in [0, 0.1) is 5.41 Å². The van der Waals surface area contributed by atoms with Gasteiger partial charge in [-0.25, -0.2) is 0 Å². The third kappa shape index (κ3) is 3.51. The van der Waals surface area contributed by atoms with E-state index in [1.54, 1.807) is 0 Å². The zero-order chi connectivity index (χ0) is 14.6. The Balaban J connectivity index is 1.84. The van der Waals surface area contributed by atoms with Crippen LogP contribution in [0.2, 0.25) is 0 Å². The molecule has 1 aliphatic carbocycles. The first kappa shape index (κ1) is 15.3. The van der Waals surface area contributed by atoms with E-state index in [-0.39, 0.29) is 12.3 Å². The number of carbonyl (C=O) groups excluding carboxylic acids is 1. The Morgan fingerprint density at radius 2 is 1.95 bits per heavy atom. The zero-order valence-electron chi connectivity index (χ0n) is 12.4. The second-order valence-corrected chi connectivity index (χ2v) is 6.40. The molecule has 2 aliphatic rings. The average Bonchev–Trinajstić information content (AvgIpc) is 2.83. The molecule has 1 atom stereocenters. The summed E-state index contributed by atoms with van der Waals surface area (Å²) in [5, 5.41) is 12.4. The summed E-state index contributed by atoms with van der Waals surface area (Å²) in [5.74, 6) is -0.903. The number of rotatable bonds is 5. The Hall–Kier alpha value is -1.10. The number of nitrogens with one attached hydrogen (secondary N) is 1. The molecule has 0 aromatic carbocycles. The lowest BCUT2D eigenvalue weighted by molar-refractivity contribution is -0.154. The highest BCUT2D eigenvalue weighted by atomic mass is 16.4. The van der Waals surface area contributed by atoms with Gasteiger partial charge in [-0.1, -0.05) is 19.3 Å². The van der Waals surface area contributed by atoms with Gasteiger partial charge in [0.05, 0.1) is 5.41 Å². The average molecular weight is 282 g/mol. The smallest absolute Gasteiger partial charge is 0.310 e. The molecule has 2 rings (SSSR count). The summed E-state index contributed by atoms with van der Waals surface area (Å²) in [6, 6.07) is 0.408. The predicted molar refractivity (Wildman–Crippen MR) is 76.4 cm³/mol. The number of aliphatic carboxylic acids is 1. The van der Waals surface area contributed by atoms with Crippen LogP contribution in [0.15, 0.2) is 0 Å². The van der Waals surface area contributed by atoms with Crippen molar-refractivity contribution in [3.05, 3.63) is 0 Å². The minimum Gasteiger partial charge on any atom is -0.481 e. The van der Waals surface area contributed by atoms with Crippen molar-refractivity contribution >= 4 is 11.9 Å². The summed E-state index contributed by atoms with van der Waals surface area (Å²) < 4.78 is 0. The number of likely N-dealkylation sites (tertiary alicyclic amines) is 1. The Kier molecular flexibility index (Phi) is 5.02. The number of nitrogens with zero attached hydrogens (tertiary/aromatic N) is 1. The molecule has 1 saturated heterocycles. The zero-order valence-corrected chi connectivity index (χ0v) is 12.4. The molecule has 114 valence electrons. The number of carboxylic acids is 1. The van der Waals surface area contributed by atoms with Crippen molar-refractivity contribution in [2.45, 2.75) is 57.4 Å². The number of hydrogen-bond donors (Lipinski definition) is 2. The fourth-order valence-electron chi connectivity index (χ4n) is 3.53. The summed E-state index contributed by atoms with van der Waals surface area (Å²) in [7, 11) is 2.07. The van der Waals surface area contributed by atoms with Crippen molar-refractivity contribution < 1.29 is 14.7 Å². The van der Waals surface area contributed by atoms with E-state index in [0.29, 0.717) is 25.4 Å². The van der Waals surface area contributed by atoms with Gasteiger partial charge in [-0.3, -0.25) is 9.59 Å². The van der Waals surface area contributed by atoms with Crippen molar-refractivity contribution in [1.29, 1.82) is 0 Å². The van der Waals surface area contributed by atoms with Gasteiger partial charge in [0, 0.05) is 19.0 Å². The van der Waals surface area contributed by atoms with Crippen LogP contribution < -0.4 is 5.32 Å². The Labute approximate surface area is 120 Å². The highest BCUT2D eigenvalue weighted by Crippen LogP contribution is 2.39. The molecule has 0 radical (unpaired) electrons. The molecule has 1 heterocycles. The van der Waals surface area contributed by atoms with E-state index in [1.165, 1.54) is 6.42 Å². The van der Waals surface area contributed by atoms with Gasteiger partial charge in [0.1, 0.15) is 0 Å². The van der Waals surface area contributed by atoms with Gasteiger partial charge in [0.2, 0.25) is 5.91 Å². The first-order valence-corrected chi connectivity index (χ1v) is 7.74. The number of carboxylic acid groups (broad SMARTS) is 1. The van der Waals surface area contributed by atoms with Crippen molar-refractivity contribution in [2.24, 2.45) is 5.41 Å². The third-order valence-corrected chi connectivity index (χ3v) is 4.97. The molecule has 5 heteroatoms. The molecule has 5 nitrogen and oxygen atoms in total. The third-order valence-electron chi connectivity index (χ3n) is 4.97. The van der Waals surface area contributed by atoms with Crippen LogP contribution >= 0.6 is 0 Å². The van der Waals surface area contributed by atoms with Gasteiger partial charge in [-0.2, -0.15) is 0 Å². The van der Waals surface area contributed by atoms with E-state index >= 15 is 0 Å². The Morgan fingerprint density at radius 1 is 1.25 bits per heavy atom. The van der Waals surface area contributed by atoms with Crippen LogP contribution in [0.5, 0.6) is 0 Å². The van der Waals surface area contributed by atoms with Crippen molar-refractivity contribution in [1.82, 2.24) is 10.2 Å². The molecule has 20 heavy (non-hydrogen) atoms. The summed E-state index contributed by atoms with van der Waals surface area (Å²) in [5.41, 5.74) is -0.816. The van der Waals surface area contributed by atoms with Gasteiger partial charge in [0.25, 0.3) is 0 Å². The molecule has 0 spiro atoms. The molecule has 0 bridgehead atoms. The predicted octanol–water partition coefficient (Wildman–Crippen LogP) is 1.62. The highest BCUT2D eigenvalue weighted by Gasteiger charge is 2.41. The normalized spacial score (nSPS) is 26.4. The van der Waals surface area contributed by atoms with E-state index < -0.39 is 11.4 Å². The van der Waals surface area contributed by atoms with Gasteiger partial charge in [-0.15, -0.1) is 0 Å². The van der Waals surface area contributed by atoms with E-state index in [4.69, 9.17) is 0 Å². The number of likely N-dealkylation sites (N-methyl/N-ethyl adjacent to an activating group) is 1. The maximum absolute atomic E-state index is 12.1. The van der Waals surface area contributed by atoms with Crippen LogP contribution in [-0.4, -0.2) is 48.1 Å². The lowest BCUT2D eigenvalue weighted by atomic mass is 9.71. The van der Waals surface area contributed by atoms with Gasteiger partial charge >= 0.3 is 5.97 Å². The first-order chi connectivity index (χ1) is 9.53. The summed E-state index contributed by atoms with van der Waals surface area (Å²) in [6.07, 6.45) is 6.63.